The summed E-state index contributed by atoms with van der Waals surface area (Å²) in [6, 6.07) is 12.8. The van der Waals surface area contributed by atoms with Gasteiger partial charge in [0.25, 0.3) is 0 Å². The summed E-state index contributed by atoms with van der Waals surface area (Å²) in [7, 11) is 1.67. The van der Waals surface area contributed by atoms with Gasteiger partial charge in [0.1, 0.15) is 0 Å². The lowest BCUT2D eigenvalue weighted by Gasteiger charge is -2.36. The van der Waals surface area contributed by atoms with Crippen molar-refractivity contribution in [2.24, 2.45) is 0 Å². The summed E-state index contributed by atoms with van der Waals surface area (Å²) in [5, 5.41) is 12.5. The van der Waals surface area contributed by atoms with Crippen molar-refractivity contribution in [1.29, 1.82) is 5.26 Å². The van der Waals surface area contributed by atoms with Crippen LogP contribution in [0.4, 0.5) is 0 Å². The van der Waals surface area contributed by atoms with Gasteiger partial charge in [-0.2, -0.15) is 5.26 Å². The van der Waals surface area contributed by atoms with Crippen LogP contribution in [0.15, 0.2) is 42.5 Å². The maximum atomic E-state index is 13.0. The van der Waals surface area contributed by atoms with Crippen molar-refractivity contribution in [2.45, 2.75) is 57.6 Å². The van der Waals surface area contributed by atoms with Gasteiger partial charge in [0.05, 0.1) is 24.8 Å². The average molecular weight is 417 g/mol. The SMILES string of the molecule is COc1cc2c(cc1OC1CCCC1)C(=CC(=O)c1ccc(C#N)cc1)NC(C)(C)C2. The molecule has 4 rings (SSSR count). The first-order valence-corrected chi connectivity index (χ1v) is 10.8. The summed E-state index contributed by atoms with van der Waals surface area (Å²) >= 11 is 0. The number of allylic oxidation sites excluding steroid dienone is 1. The Labute approximate surface area is 183 Å². The molecule has 0 radical (unpaired) electrons. The lowest BCUT2D eigenvalue weighted by molar-refractivity contribution is 0.104. The Morgan fingerprint density at radius 2 is 1.87 bits per heavy atom. The zero-order chi connectivity index (χ0) is 22.0. The van der Waals surface area contributed by atoms with E-state index < -0.39 is 0 Å². The van der Waals surface area contributed by atoms with Gasteiger partial charge >= 0.3 is 0 Å². The Morgan fingerprint density at radius 1 is 1.16 bits per heavy atom. The number of ketones is 1. The monoisotopic (exact) mass is 416 g/mol. The predicted octanol–water partition coefficient (Wildman–Crippen LogP) is 5.04. The third-order valence-electron chi connectivity index (χ3n) is 5.95. The van der Waals surface area contributed by atoms with Gasteiger partial charge in [0.15, 0.2) is 17.3 Å². The fourth-order valence-corrected chi connectivity index (χ4v) is 4.43. The van der Waals surface area contributed by atoms with Crippen molar-refractivity contribution in [2.75, 3.05) is 7.11 Å². The number of methoxy groups -OCH3 is 1. The third kappa shape index (κ3) is 4.59. The molecule has 2 aromatic carbocycles. The van der Waals surface area contributed by atoms with E-state index in [0.29, 0.717) is 11.1 Å². The summed E-state index contributed by atoms with van der Waals surface area (Å²) in [6.07, 6.45) is 7.18. The van der Waals surface area contributed by atoms with Gasteiger partial charge in [0, 0.05) is 28.4 Å². The van der Waals surface area contributed by atoms with E-state index in [9.17, 15) is 4.79 Å². The van der Waals surface area contributed by atoms with E-state index in [-0.39, 0.29) is 17.4 Å². The highest BCUT2D eigenvalue weighted by molar-refractivity contribution is 6.08. The fourth-order valence-electron chi connectivity index (χ4n) is 4.43. The number of hydrogen-bond donors (Lipinski definition) is 1. The zero-order valence-electron chi connectivity index (χ0n) is 18.3. The van der Waals surface area contributed by atoms with Crippen molar-refractivity contribution in [3.63, 3.8) is 0 Å². The second kappa shape index (κ2) is 8.47. The number of nitrogens with zero attached hydrogens (tertiary/aromatic N) is 1. The van der Waals surface area contributed by atoms with E-state index in [2.05, 4.69) is 25.2 Å². The minimum absolute atomic E-state index is 0.107. The largest absolute Gasteiger partial charge is 0.493 e. The van der Waals surface area contributed by atoms with Gasteiger partial charge < -0.3 is 14.8 Å². The number of fused-ring (bicyclic) bond motifs is 1. The van der Waals surface area contributed by atoms with Crippen molar-refractivity contribution < 1.29 is 14.3 Å². The molecule has 1 aliphatic carbocycles. The van der Waals surface area contributed by atoms with Gasteiger partial charge in [-0.3, -0.25) is 4.79 Å². The van der Waals surface area contributed by atoms with Crippen LogP contribution in [0.1, 0.15) is 66.6 Å². The molecule has 0 unspecified atom stereocenters. The fraction of sp³-hybridized carbons (Fsp3) is 0.385. The first kappa shape index (κ1) is 21.0. The normalized spacial score (nSPS) is 18.7. The lowest BCUT2D eigenvalue weighted by atomic mass is 9.85. The Morgan fingerprint density at radius 3 is 2.52 bits per heavy atom. The minimum atomic E-state index is -0.206. The number of nitriles is 1. The number of rotatable bonds is 5. The number of ether oxygens (including phenoxy) is 2. The molecule has 2 aliphatic rings. The maximum absolute atomic E-state index is 13.0. The first-order valence-electron chi connectivity index (χ1n) is 10.8. The van der Waals surface area contributed by atoms with E-state index in [1.807, 2.05) is 12.1 Å². The molecule has 5 nitrogen and oxygen atoms in total. The summed E-state index contributed by atoms with van der Waals surface area (Å²) in [5.41, 5.74) is 3.75. The molecule has 160 valence electrons. The quantitative estimate of drug-likeness (QED) is 0.546. The van der Waals surface area contributed by atoms with E-state index in [1.54, 1.807) is 37.5 Å². The summed E-state index contributed by atoms with van der Waals surface area (Å²) in [5.74, 6) is 1.36. The standard InChI is InChI=1S/C26H28N2O3/c1-26(2)15-19-12-24(30-3)25(31-20-6-4-5-7-20)13-21(19)22(28-26)14-23(29)18-10-8-17(16-27)9-11-18/h8-14,20,28H,4-7,15H2,1-3H3. The molecular formula is C26H28N2O3. The van der Waals surface area contributed by atoms with Crippen molar-refractivity contribution in [3.05, 3.63) is 64.7 Å². The summed E-state index contributed by atoms with van der Waals surface area (Å²) in [6.45, 7) is 4.23. The molecule has 0 saturated heterocycles. The molecule has 2 aromatic rings. The first-order chi connectivity index (χ1) is 14.9. The van der Waals surface area contributed by atoms with Gasteiger partial charge in [-0.25, -0.2) is 0 Å². The van der Waals surface area contributed by atoms with E-state index >= 15 is 0 Å². The third-order valence-corrected chi connectivity index (χ3v) is 5.95. The minimum Gasteiger partial charge on any atom is -0.493 e. The highest BCUT2D eigenvalue weighted by Gasteiger charge is 2.30. The van der Waals surface area contributed by atoms with Gasteiger partial charge in [-0.1, -0.05) is 0 Å². The van der Waals surface area contributed by atoms with Crippen LogP contribution in [0.5, 0.6) is 11.5 Å². The molecule has 0 amide bonds. The lowest BCUT2D eigenvalue weighted by Crippen LogP contribution is -2.43. The smallest absolute Gasteiger partial charge is 0.187 e. The molecule has 0 bridgehead atoms. The second-order valence-electron chi connectivity index (χ2n) is 8.98. The van der Waals surface area contributed by atoms with E-state index in [0.717, 1.165) is 47.6 Å². The topological polar surface area (TPSA) is 71.3 Å². The molecule has 0 aromatic heterocycles. The Bertz CT molecular complexity index is 1060. The molecule has 1 N–H and O–H groups in total. The maximum Gasteiger partial charge on any atom is 0.187 e. The van der Waals surface area contributed by atoms with Gasteiger partial charge in [-0.15, -0.1) is 0 Å². The summed E-state index contributed by atoms with van der Waals surface area (Å²) in [4.78, 5) is 13.0. The Balaban J connectivity index is 1.72. The highest BCUT2D eigenvalue weighted by Crippen LogP contribution is 2.39. The number of carbonyl (C=O) groups is 1. The van der Waals surface area contributed by atoms with Gasteiger partial charge in [0.2, 0.25) is 0 Å². The molecule has 0 atom stereocenters. The molecule has 31 heavy (non-hydrogen) atoms. The van der Waals surface area contributed by atoms with Crippen LogP contribution >= 0.6 is 0 Å². The molecule has 5 heteroatoms. The van der Waals surface area contributed by atoms with Crippen molar-refractivity contribution in [1.82, 2.24) is 5.32 Å². The van der Waals surface area contributed by atoms with Crippen LogP contribution < -0.4 is 14.8 Å². The van der Waals surface area contributed by atoms with E-state index in [4.69, 9.17) is 14.7 Å². The molecule has 1 aliphatic heterocycles. The average Bonchev–Trinajstić information content (AvgIpc) is 3.26. The van der Waals surface area contributed by atoms with Crippen LogP contribution in [-0.2, 0) is 6.42 Å². The van der Waals surface area contributed by atoms with Gasteiger partial charge in [-0.05, 0) is 87.9 Å². The highest BCUT2D eigenvalue weighted by atomic mass is 16.5. The molecule has 1 saturated carbocycles. The van der Waals surface area contributed by atoms with Crippen LogP contribution in [0.2, 0.25) is 0 Å². The Kier molecular flexibility index (Phi) is 5.73. The Hall–Kier alpha value is -3.26. The van der Waals surface area contributed by atoms with Crippen molar-refractivity contribution >= 4 is 11.5 Å². The molecular weight excluding hydrogens is 388 g/mol. The molecule has 0 spiro atoms. The molecule has 1 heterocycles. The predicted molar refractivity (Wildman–Crippen MR) is 120 cm³/mol. The summed E-state index contributed by atoms with van der Waals surface area (Å²) < 4.78 is 11.9. The number of benzene rings is 2. The molecule has 1 fully saturated rings. The second-order valence-corrected chi connectivity index (χ2v) is 8.98. The number of carbonyl (C=O) groups excluding carboxylic acids is 1. The van der Waals surface area contributed by atoms with Crippen molar-refractivity contribution in [3.8, 4) is 17.6 Å². The van der Waals surface area contributed by atoms with E-state index in [1.165, 1.54) is 12.8 Å². The zero-order valence-corrected chi connectivity index (χ0v) is 18.3. The number of hydrogen-bond acceptors (Lipinski definition) is 5. The van der Waals surface area contributed by atoms with Crippen LogP contribution in [0.3, 0.4) is 0 Å². The van der Waals surface area contributed by atoms with Crippen LogP contribution in [0.25, 0.3) is 5.70 Å². The number of nitrogens with one attached hydrogen (secondary N) is 1. The van der Waals surface area contributed by atoms with Crippen LogP contribution in [0, 0.1) is 11.3 Å². The van der Waals surface area contributed by atoms with Crippen LogP contribution in [-0.4, -0.2) is 24.5 Å².